The molecule has 0 radical (unpaired) electrons. The van der Waals surface area contributed by atoms with Crippen molar-refractivity contribution in [2.45, 2.75) is 31.0 Å². The number of ether oxygens (including phenoxy) is 1. The second-order valence-electron chi connectivity index (χ2n) is 7.81. The van der Waals surface area contributed by atoms with Crippen LogP contribution in [-0.4, -0.2) is 39.7 Å². The van der Waals surface area contributed by atoms with Crippen LogP contribution in [0.2, 0.25) is 0 Å². The molecule has 1 aliphatic carbocycles. The number of hydrogen-bond donors (Lipinski definition) is 3. The van der Waals surface area contributed by atoms with E-state index in [-0.39, 0.29) is 25.2 Å². The van der Waals surface area contributed by atoms with Gasteiger partial charge in [-0.25, -0.2) is 9.69 Å². The highest BCUT2D eigenvalue weighted by Crippen LogP contribution is 2.33. The largest absolute Gasteiger partial charge is 0.508 e. The molecule has 3 aromatic rings. The van der Waals surface area contributed by atoms with Crippen LogP contribution in [0.1, 0.15) is 17.5 Å². The lowest BCUT2D eigenvalue weighted by Crippen LogP contribution is -2.49. The molecule has 31 heavy (non-hydrogen) atoms. The van der Waals surface area contributed by atoms with E-state index in [0.29, 0.717) is 23.4 Å². The van der Waals surface area contributed by atoms with E-state index in [4.69, 9.17) is 4.74 Å². The Balaban J connectivity index is 1.57. The van der Waals surface area contributed by atoms with Gasteiger partial charge >= 0.3 is 6.09 Å². The summed E-state index contributed by atoms with van der Waals surface area (Å²) < 4.78 is 5.54. The van der Waals surface area contributed by atoms with Crippen molar-refractivity contribution in [2.24, 2.45) is 0 Å². The fraction of sp³-hybridized carbons (Fsp3) is 0.240. The molecule has 3 N–H and O–H groups in total. The molecule has 4 rings (SSSR count). The van der Waals surface area contributed by atoms with Crippen molar-refractivity contribution in [1.29, 1.82) is 0 Å². The van der Waals surface area contributed by atoms with Gasteiger partial charge in [0.25, 0.3) is 0 Å². The summed E-state index contributed by atoms with van der Waals surface area (Å²) in [6, 6.07) is 23.3. The number of aliphatic hydroxyl groups is 2. The lowest BCUT2D eigenvalue weighted by atomic mass is 9.90. The van der Waals surface area contributed by atoms with Crippen LogP contribution in [0, 0.1) is 0 Å². The van der Waals surface area contributed by atoms with Crippen molar-refractivity contribution >= 4 is 17.5 Å². The van der Waals surface area contributed by atoms with E-state index in [1.54, 1.807) is 42.5 Å². The van der Waals surface area contributed by atoms with Crippen LogP contribution in [0.4, 0.5) is 16.2 Å². The zero-order valence-corrected chi connectivity index (χ0v) is 17.0. The van der Waals surface area contributed by atoms with Crippen LogP contribution in [0.15, 0.2) is 78.9 Å². The highest BCUT2D eigenvalue weighted by molar-refractivity contribution is 5.95. The van der Waals surface area contributed by atoms with Crippen molar-refractivity contribution in [3.8, 4) is 5.75 Å². The Morgan fingerprint density at radius 3 is 2.19 bits per heavy atom. The number of benzene rings is 3. The van der Waals surface area contributed by atoms with Crippen LogP contribution in [0.3, 0.4) is 0 Å². The van der Waals surface area contributed by atoms with Gasteiger partial charge in [0.05, 0.1) is 17.5 Å². The monoisotopic (exact) mass is 419 g/mol. The molecule has 1 amide bonds. The van der Waals surface area contributed by atoms with E-state index in [9.17, 15) is 20.1 Å². The minimum absolute atomic E-state index is 0.0713. The first-order valence-corrected chi connectivity index (χ1v) is 10.2. The molecule has 3 aromatic carbocycles. The number of carbonyl (C=O) groups excluding carboxylic acids is 1. The molecule has 2 atom stereocenters. The number of aliphatic hydroxyl groups excluding tert-OH is 1. The zero-order valence-electron chi connectivity index (χ0n) is 17.0. The van der Waals surface area contributed by atoms with Crippen molar-refractivity contribution in [1.82, 2.24) is 0 Å². The van der Waals surface area contributed by atoms with Gasteiger partial charge in [-0.05, 0) is 54.3 Å². The molecule has 0 spiro atoms. The lowest BCUT2D eigenvalue weighted by Gasteiger charge is -2.32. The highest BCUT2D eigenvalue weighted by atomic mass is 16.6. The molecule has 0 aromatic heterocycles. The number of phenols is 1. The number of rotatable bonds is 4. The molecule has 0 saturated carbocycles. The average Bonchev–Trinajstić information content (AvgIpc) is 2.91. The molecular formula is C25H25NO5. The zero-order chi connectivity index (χ0) is 21.8. The SMILES string of the molecule is O=C(OCC1(O)Cc2cccc(O)c2CCC1O)N(c1ccccc1)c1ccccc1. The lowest BCUT2D eigenvalue weighted by molar-refractivity contribution is -0.105. The second kappa shape index (κ2) is 8.79. The van der Waals surface area contributed by atoms with E-state index in [1.165, 1.54) is 4.90 Å². The number of fused-ring (bicyclic) bond motifs is 1. The number of aromatic hydroxyl groups is 1. The van der Waals surface area contributed by atoms with E-state index in [2.05, 4.69) is 0 Å². The molecule has 0 heterocycles. The van der Waals surface area contributed by atoms with Crippen LogP contribution in [0.25, 0.3) is 0 Å². The maximum Gasteiger partial charge on any atom is 0.419 e. The highest BCUT2D eigenvalue weighted by Gasteiger charge is 2.40. The molecule has 2 unspecified atom stereocenters. The first-order valence-electron chi connectivity index (χ1n) is 10.2. The third kappa shape index (κ3) is 4.40. The normalized spacial score (nSPS) is 20.4. The predicted octanol–water partition coefficient (Wildman–Crippen LogP) is 3.95. The van der Waals surface area contributed by atoms with Gasteiger partial charge in [0.2, 0.25) is 0 Å². The number of hydrogen-bond acceptors (Lipinski definition) is 5. The predicted molar refractivity (Wildman–Crippen MR) is 117 cm³/mol. The molecule has 6 heteroatoms. The molecule has 0 saturated heterocycles. The Bertz CT molecular complexity index is 1000. The number of para-hydroxylation sites is 2. The molecule has 0 aliphatic heterocycles. The van der Waals surface area contributed by atoms with Crippen LogP contribution in [-0.2, 0) is 17.6 Å². The maximum atomic E-state index is 13.1. The van der Waals surface area contributed by atoms with Gasteiger partial charge in [-0.1, -0.05) is 48.5 Å². The quantitative estimate of drug-likeness (QED) is 0.557. The van der Waals surface area contributed by atoms with Gasteiger partial charge in [0.15, 0.2) is 0 Å². The number of phenolic OH excluding ortho intramolecular Hbond substituents is 1. The molecule has 1 aliphatic rings. The summed E-state index contributed by atoms with van der Waals surface area (Å²) in [5.74, 6) is 0.144. The second-order valence-corrected chi connectivity index (χ2v) is 7.81. The van der Waals surface area contributed by atoms with Gasteiger partial charge < -0.3 is 20.1 Å². The molecular weight excluding hydrogens is 394 g/mol. The van der Waals surface area contributed by atoms with Crippen LogP contribution in [0.5, 0.6) is 5.75 Å². The first kappa shape index (κ1) is 20.9. The summed E-state index contributed by atoms with van der Waals surface area (Å²) in [7, 11) is 0. The summed E-state index contributed by atoms with van der Waals surface area (Å²) in [6.07, 6.45) is -1.01. The molecule has 6 nitrogen and oxygen atoms in total. The molecule has 0 fully saturated rings. The summed E-state index contributed by atoms with van der Waals surface area (Å²) in [5.41, 5.74) is 1.04. The Hall–Kier alpha value is -3.35. The van der Waals surface area contributed by atoms with Crippen molar-refractivity contribution in [3.63, 3.8) is 0 Å². The van der Waals surface area contributed by atoms with Crippen LogP contribution >= 0.6 is 0 Å². The topological polar surface area (TPSA) is 90.2 Å². The first-order chi connectivity index (χ1) is 15.0. The minimum Gasteiger partial charge on any atom is -0.508 e. The third-order valence-corrected chi connectivity index (χ3v) is 5.69. The minimum atomic E-state index is -1.66. The van der Waals surface area contributed by atoms with E-state index in [1.807, 2.05) is 36.4 Å². The molecule has 0 bridgehead atoms. The summed E-state index contributed by atoms with van der Waals surface area (Å²) >= 11 is 0. The van der Waals surface area contributed by atoms with Gasteiger partial charge in [-0.2, -0.15) is 0 Å². The average molecular weight is 419 g/mol. The van der Waals surface area contributed by atoms with E-state index < -0.39 is 17.8 Å². The van der Waals surface area contributed by atoms with Gasteiger partial charge in [-0.15, -0.1) is 0 Å². The maximum absolute atomic E-state index is 13.1. The summed E-state index contributed by atoms with van der Waals surface area (Å²) in [5, 5.41) is 31.9. The van der Waals surface area contributed by atoms with E-state index in [0.717, 1.165) is 5.56 Å². The fourth-order valence-electron chi connectivity index (χ4n) is 3.99. The smallest absolute Gasteiger partial charge is 0.419 e. The molecule has 160 valence electrons. The Kier molecular flexibility index (Phi) is 5.93. The van der Waals surface area contributed by atoms with E-state index >= 15 is 0 Å². The van der Waals surface area contributed by atoms with Gasteiger partial charge in [0, 0.05) is 6.42 Å². The van der Waals surface area contributed by atoms with Crippen molar-refractivity contribution in [2.75, 3.05) is 11.5 Å². The Labute approximate surface area is 181 Å². The Morgan fingerprint density at radius 2 is 1.58 bits per heavy atom. The standard InChI is InChI=1S/C25H25NO5/c27-22-13-7-8-18-16-25(30,23(28)15-14-21(18)22)17-31-24(29)26(19-9-3-1-4-10-19)20-11-5-2-6-12-20/h1-13,23,27-28,30H,14-17H2. The van der Waals surface area contributed by atoms with Crippen LogP contribution < -0.4 is 4.90 Å². The van der Waals surface area contributed by atoms with Crippen molar-refractivity contribution in [3.05, 3.63) is 90.0 Å². The Morgan fingerprint density at radius 1 is 0.968 bits per heavy atom. The fourth-order valence-corrected chi connectivity index (χ4v) is 3.99. The number of carbonyl (C=O) groups is 1. The van der Waals surface area contributed by atoms with Gasteiger partial charge in [-0.3, -0.25) is 0 Å². The van der Waals surface area contributed by atoms with Crippen molar-refractivity contribution < 1.29 is 24.9 Å². The van der Waals surface area contributed by atoms with Gasteiger partial charge in [0.1, 0.15) is 18.0 Å². The number of anilines is 2. The summed E-state index contributed by atoms with van der Waals surface area (Å²) in [4.78, 5) is 14.5. The number of amides is 1. The summed E-state index contributed by atoms with van der Waals surface area (Å²) in [6.45, 7) is -0.377. The number of nitrogens with zero attached hydrogens (tertiary/aromatic N) is 1. The third-order valence-electron chi connectivity index (χ3n) is 5.69.